The number of pyridine rings is 1. The summed E-state index contributed by atoms with van der Waals surface area (Å²) < 4.78 is 15.7. The molecule has 0 spiro atoms. The normalized spacial score (nSPS) is 10.8. The smallest absolute Gasteiger partial charge is 0.258 e. The molecule has 0 aliphatic carbocycles. The largest absolute Gasteiger partial charge is 0.322 e. The summed E-state index contributed by atoms with van der Waals surface area (Å²) in [5, 5.41) is 2.71. The standard InChI is InChI=1S/C21H16FN3O/c1-14-5-4-12-25-13-19(24-20(14)25)15-8-10-16(11-9-15)23-21(26)17-6-2-3-7-18(17)22/h2-13H,1H3,(H,23,26). The number of hydrogen-bond donors (Lipinski definition) is 1. The molecule has 1 amide bonds. The molecule has 0 atom stereocenters. The predicted octanol–water partition coefficient (Wildman–Crippen LogP) is 4.70. The summed E-state index contributed by atoms with van der Waals surface area (Å²) in [6.45, 7) is 2.02. The van der Waals surface area contributed by atoms with E-state index in [-0.39, 0.29) is 5.56 Å². The lowest BCUT2D eigenvalue weighted by Gasteiger charge is -2.06. The van der Waals surface area contributed by atoms with Crippen LogP contribution in [0.15, 0.2) is 73.1 Å². The first-order chi connectivity index (χ1) is 12.6. The van der Waals surface area contributed by atoms with Crippen molar-refractivity contribution in [1.82, 2.24) is 9.38 Å². The lowest BCUT2D eigenvalue weighted by molar-refractivity contribution is 0.102. The van der Waals surface area contributed by atoms with Crippen molar-refractivity contribution in [1.29, 1.82) is 0 Å². The van der Waals surface area contributed by atoms with E-state index in [2.05, 4.69) is 10.3 Å². The van der Waals surface area contributed by atoms with E-state index in [1.807, 2.05) is 48.0 Å². The molecule has 0 aliphatic rings. The van der Waals surface area contributed by atoms with Crippen molar-refractivity contribution in [3.05, 3.63) is 90.0 Å². The lowest BCUT2D eigenvalue weighted by atomic mass is 10.1. The zero-order chi connectivity index (χ0) is 18.1. The summed E-state index contributed by atoms with van der Waals surface area (Å²) in [7, 11) is 0. The van der Waals surface area contributed by atoms with Gasteiger partial charge in [-0.2, -0.15) is 0 Å². The average Bonchev–Trinajstić information content (AvgIpc) is 3.08. The van der Waals surface area contributed by atoms with Crippen LogP contribution in [0, 0.1) is 12.7 Å². The van der Waals surface area contributed by atoms with Gasteiger partial charge in [0.2, 0.25) is 0 Å². The molecule has 5 heteroatoms. The molecule has 0 aliphatic heterocycles. The van der Waals surface area contributed by atoms with Crippen molar-refractivity contribution in [2.45, 2.75) is 6.92 Å². The van der Waals surface area contributed by atoms with E-state index < -0.39 is 11.7 Å². The number of imidazole rings is 1. The van der Waals surface area contributed by atoms with Crippen LogP contribution >= 0.6 is 0 Å². The Morgan fingerprint density at radius 3 is 2.54 bits per heavy atom. The minimum atomic E-state index is -0.540. The maximum absolute atomic E-state index is 13.7. The zero-order valence-electron chi connectivity index (χ0n) is 14.1. The molecule has 1 N–H and O–H groups in total. The molecule has 2 heterocycles. The van der Waals surface area contributed by atoms with Gasteiger partial charge in [0.05, 0.1) is 11.3 Å². The third-order valence-corrected chi connectivity index (χ3v) is 4.23. The van der Waals surface area contributed by atoms with E-state index in [4.69, 9.17) is 0 Å². The van der Waals surface area contributed by atoms with Crippen LogP contribution in [-0.4, -0.2) is 15.3 Å². The van der Waals surface area contributed by atoms with Crippen molar-refractivity contribution < 1.29 is 9.18 Å². The van der Waals surface area contributed by atoms with Crippen LogP contribution in [0.1, 0.15) is 15.9 Å². The van der Waals surface area contributed by atoms with Gasteiger partial charge < -0.3 is 9.72 Å². The summed E-state index contributed by atoms with van der Waals surface area (Å²) >= 11 is 0. The first-order valence-electron chi connectivity index (χ1n) is 8.22. The van der Waals surface area contributed by atoms with Gasteiger partial charge >= 0.3 is 0 Å². The van der Waals surface area contributed by atoms with E-state index in [0.29, 0.717) is 5.69 Å². The van der Waals surface area contributed by atoms with E-state index in [1.165, 1.54) is 12.1 Å². The molecular formula is C21H16FN3O. The van der Waals surface area contributed by atoms with Crippen LogP contribution in [0.2, 0.25) is 0 Å². The number of halogens is 1. The van der Waals surface area contributed by atoms with Crippen molar-refractivity contribution >= 4 is 17.2 Å². The minimum absolute atomic E-state index is 0.0207. The Balaban J connectivity index is 1.57. The van der Waals surface area contributed by atoms with Gasteiger partial charge in [-0.3, -0.25) is 4.79 Å². The Hall–Kier alpha value is -3.47. The highest BCUT2D eigenvalue weighted by atomic mass is 19.1. The quantitative estimate of drug-likeness (QED) is 0.585. The van der Waals surface area contributed by atoms with Crippen LogP contribution in [0.5, 0.6) is 0 Å². The Labute approximate surface area is 149 Å². The summed E-state index contributed by atoms with van der Waals surface area (Å²) in [6, 6.07) is 17.2. The Morgan fingerprint density at radius 2 is 1.81 bits per heavy atom. The zero-order valence-corrected chi connectivity index (χ0v) is 14.1. The second kappa shape index (κ2) is 6.44. The van der Waals surface area contributed by atoms with Crippen LogP contribution < -0.4 is 5.32 Å². The highest BCUT2D eigenvalue weighted by Crippen LogP contribution is 2.23. The fourth-order valence-electron chi connectivity index (χ4n) is 2.86. The van der Waals surface area contributed by atoms with Crippen LogP contribution in [0.4, 0.5) is 10.1 Å². The van der Waals surface area contributed by atoms with Crippen molar-refractivity contribution in [2.75, 3.05) is 5.32 Å². The predicted molar refractivity (Wildman–Crippen MR) is 99.7 cm³/mol. The first-order valence-corrected chi connectivity index (χ1v) is 8.22. The number of aryl methyl sites for hydroxylation is 1. The molecular weight excluding hydrogens is 329 g/mol. The van der Waals surface area contributed by atoms with Crippen LogP contribution in [0.25, 0.3) is 16.9 Å². The molecule has 2 aromatic carbocycles. The molecule has 0 saturated heterocycles. The summed E-state index contributed by atoms with van der Waals surface area (Å²) in [4.78, 5) is 16.8. The van der Waals surface area contributed by atoms with Crippen LogP contribution in [0.3, 0.4) is 0 Å². The van der Waals surface area contributed by atoms with Crippen molar-refractivity contribution in [3.63, 3.8) is 0 Å². The van der Waals surface area contributed by atoms with Crippen molar-refractivity contribution in [3.8, 4) is 11.3 Å². The average molecular weight is 345 g/mol. The summed E-state index contributed by atoms with van der Waals surface area (Å²) in [6.07, 6.45) is 3.93. The first kappa shape index (κ1) is 16.0. The maximum atomic E-state index is 13.7. The van der Waals surface area contributed by atoms with Gasteiger partial charge in [0.15, 0.2) is 0 Å². The number of nitrogens with one attached hydrogen (secondary N) is 1. The molecule has 26 heavy (non-hydrogen) atoms. The summed E-state index contributed by atoms with van der Waals surface area (Å²) in [5.74, 6) is -1.01. The van der Waals surface area contributed by atoms with Gasteiger partial charge in [-0.15, -0.1) is 0 Å². The number of amides is 1. The highest BCUT2D eigenvalue weighted by Gasteiger charge is 2.11. The van der Waals surface area contributed by atoms with E-state index in [1.54, 1.807) is 24.3 Å². The molecule has 0 fully saturated rings. The number of anilines is 1. The Bertz CT molecular complexity index is 1100. The number of aromatic nitrogens is 2. The SMILES string of the molecule is Cc1cccn2cc(-c3ccc(NC(=O)c4ccccc4F)cc3)nc12. The van der Waals surface area contributed by atoms with Gasteiger partial charge in [0.1, 0.15) is 11.5 Å². The lowest BCUT2D eigenvalue weighted by Crippen LogP contribution is -2.13. The number of rotatable bonds is 3. The Kier molecular flexibility index (Phi) is 3.97. The number of nitrogens with zero attached hydrogens (tertiary/aromatic N) is 2. The molecule has 128 valence electrons. The maximum Gasteiger partial charge on any atom is 0.258 e. The fourth-order valence-corrected chi connectivity index (χ4v) is 2.86. The van der Waals surface area contributed by atoms with Crippen LogP contribution in [-0.2, 0) is 0 Å². The molecule has 4 aromatic rings. The monoisotopic (exact) mass is 345 g/mol. The van der Waals surface area contributed by atoms with E-state index in [0.717, 1.165) is 22.5 Å². The van der Waals surface area contributed by atoms with E-state index >= 15 is 0 Å². The van der Waals surface area contributed by atoms with E-state index in [9.17, 15) is 9.18 Å². The molecule has 4 nitrogen and oxygen atoms in total. The second-order valence-electron chi connectivity index (χ2n) is 6.06. The number of fused-ring (bicyclic) bond motifs is 1. The topological polar surface area (TPSA) is 46.4 Å². The molecule has 0 saturated carbocycles. The molecule has 0 radical (unpaired) electrons. The molecule has 0 unspecified atom stereocenters. The fraction of sp³-hybridized carbons (Fsp3) is 0.0476. The van der Waals surface area contributed by atoms with Gasteiger partial charge in [0, 0.05) is 23.6 Å². The third-order valence-electron chi connectivity index (χ3n) is 4.23. The van der Waals surface area contributed by atoms with Gasteiger partial charge in [0.25, 0.3) is 5.91 Å². The number of carbonyl (C=O) groups excluding carboxylic acids is 1. The van der Waals surface area contributed by atoms with Crippen molar-refractivity contribution in [2.24, 2.45) is 0 Å². The Morgan fingerprint density at radius 1 is 1.04 bits per heavy atom. The van der Waals surface area contributed by atoms with Gasteiger partial charge in [-0.25, -0.2) is 9.37 Å². The summed E-state index contributed by atoms with van der Waals surface area (Å²) in [5.41, 5.74) is 4.43. The highest BCUT2D eigenvalue weighted by molar-refractivity contribution is 6.04. The number of hydrogen-bond acceptors (Lipinski definition) is 2. The minimum Gasteiger partial charge on any atom is -0.322 e. The van der Waals surface area contributed by atoms with Gasteiger partial charge in [-0.1, -0.05) is 30.3 Å². The third kappa shape index (κ3) is 2.95. The molecule has 0 bridgehead atoms. The van der Waals surface area contributed by atoms with Gasteiger partial charge in [-0.05, 0) is 42.8 Å². The molecule has 2 aromatic heterocycles. The molecule has 4 rings (SSSR count). The number of carbonyl (C=O) groups is 1. The number of benzene rings is 2. The second-order valence-corrected chi connectivity index (χ2v) is 6.06.